The third-order valence-corrected chi connectivity index (χ3v) is 24.8. The van der Waals surface area contributed by atoms with Gasteiger partial charge < -0.3 is 88.6 Å². The van der Waals surface area contributed by atoms with Crippen molar-refractivity contribution in [1.82, 2.24) is 44.1 Å². The first-order chi connectivity index (χ1) is 66.2. The molecule has 9 aliphatic heterocycles. The molecule has 840 valence electrons. The highest BCUT2D eigenvalue weighted by Crippen LogP contribution is 2.37. The van der Waals surface area contributed by atoms with Crippen molar-refractivity contribution in [1.29, 1.82) is 0 Å². The summed E-state index contributed by atoms with van der Waals surface area (Å²) >= 11 is 0. The number of hydrogen-bond acceptors (Lipinski definition) is 27. The Bertz CT molecular complexity index is 4050. The van der Waals surface area contributed by atoms with E-state index >= 15 is 0 Å². The van der Waals surface area contributed by atoms with Crippen molar-refractivity contribution in [2.75, 3.05) is 177 Å². The summed E-state index contributed by atoms with van der Waals surface area (Å²) in [6.45, 7) is 71.8. The molecule has 0 amide bonds. The molecule has 0 saturated carbocycles. The fourth-order valence-corrected chi connectivity index (χ4v) is 16.5. The second kappa shape index (κ2) is 61.7. The second-order valence-electron chi connectivity index (χ2n) is 45.8. The largest absolute Gasteiger partial charge is 0.480 e. The van der Waals surface area contributed by atoms with Crippen LogP contribution in [0.15, 0.2) is 71.4 Å². The fourth-order valence-electron chi connectivity index (χ4n) is 16.5. The number of nitrogens with zero attached hydrogens (tertiary/aromatic N) is 9. The minimum atomic E-state index is -3.00. The lowest BCUT2D eigenvalue weighted by Crippen LogP contribution is -2.58. The number of morpholine rings is 6. The van der Waals surface area contributed by atoms with E-state index < -0.39 is 109 Å². The molecule has 9 N–H and O–H groups in total. The minimum Gasteiger partial charge on any atom is -0.480 e. The Hall–Kier alpha value is -7.47. The third-order valence-electron chi connectivity index (χ3n) is 24.8. The Balaban J connectivity index is 0.000000816. The number of alkyl halides is 6. The lowest BCUT2D eigenvalue weighted by atomic mass is 9.84. The predicted molar refractivity (Wildman–Crippen MR) is 540 cm³/mol. The van der Waals surface area contributed by atoms with Gasteiger partial charge in [-0.15, -0.1) is 0 Å². The van der Waals surface area contributed by atoms with E-state index in [9.17, 15) is 69.5 Å². The molecule has 0 aromatic carbocycles. The van der Waals surface area contributed by atoms with Crippen molar-refractivity contribution in [3.8, 4) is 0 Å². The Morgan fingerprint density at radius 2 is 0.828 bits per heavy atom. The van der Waals surface area contributed by atoms with Crippen molar-refractivity contribution < 1.29 is 158 Å². The Kier molecular flexibility index (Phi) is 57.7. The van der Waals surface area contributed by atoms with Gasteiger partial charge in [0.25, 0.3) is 5.92 Å². The smallest absolute Gasteiger partial charge is 0.331 e. The standard InChI is InChI=1S/C14H24FNO2.2C12H21NO3.2C11H19F2NO3.C11H20FNO4.2C11H19NO3.C10H17NO3/c1-10(12(17)18)6-11-7-14(5,15)9-16(8-11)13(2,3)4;1-9(7-11(14)15)10-8-13(5-6-16-10)12(2,3)4;1-9(11(14)15)7-10-8-13(5-6-16-10)12(2,3)4;1-11(2,3)14-4-7(12)10(8(13)5-14)17-6-9(15)16;1-10(2,3)14-5-4-8(11(12,13)7-14)17-6-9(15)16;1-11(2,3)13-4-9(12)17-6-8(13)5-16-7-10(14)15;2*1-11(2,3)12-6-7-15-9(8-12)4-5-10(13)14;1-8(2)11-5-6-14-7-9(11)3-4-10(12)13/h6,11H,7-9H2,1-5H3,(H,17,18);2*7,10H,5-6,8H2,1-4H3,(H,14,15);7-8,10H,4-6H2,1-3H3,(H,15,16);8H,4-7H2,1-3H3,(H,15,16);8-9H,4-7H2,1-3H3,(H,14,15);2*4-5,9H,6-8H2,1-3H3,(H,13,14);3-4,8-9H,5-7H2,1-2H3,(H,12,13)/b10-6+;2*9-7+;;;;2*5-4+;4-3+/t;2*10-;;;;9-;;/m.01...1../s1. The van der Waals surface area contributed by atoms with Gasteiger partial charge in [0.2, 0.25) is 6.36 Å². The van der Waals surface area contributed by atoms with E-state index in [0.29, 0.717) is 76.3 Å². The maximum atomic E-state index is 14.3. The highest BCUT2D eigenvalue weighted by Gasteiger charge is 2.49. The molecule has 36 nitrogen and oxygen atoms in total. The van der Waals surface area contributed by atoms with Gasteiger partial charge in [0.1, 0.15) is 50.0 Å². The molecule has 0 aromatic rings. The highest BCUT2D eigenvalue weighted by molar-refractivity contribution is 5.86. The molecule has 9 saturated heterocycles. The topological polar surface area (TPSA) is 448 Å². The third kappa shape index (κ3) is 56.3. The van der Waals surface area contributed by atoms with Crippen LogP contribution < -0.4 is 0 Å². The van der Waals surface area contributed by atoms with Crippen molar-refractivity contribution in [3.05, 3.63) is 71.4 Å². The molecule has 145 heavy (non-hydrogen) atoms. The molecular formula is C103H179F6N9O27. The molecule has 9 heterocycles. The van der Waals surface area contributed by atoms with Crippen molar-refractivity contribution in [2.45, 2.75) is 350 Å². The first kappa shape index (κ1) is 136. The van der Waals surface area contributed by atoms with E-state index in [1.807, 2.05) is 74.1 Å². The summed E-state index contributed by atoms with van der Waals surface area (Å²) in [7, 11) is 0. The molecule has 0 aliphatic carbocycles. The number of hydrogen-bond donors (Lipinski definition) is 9. The quantitative estimate of drug-likeness (QED) is 0.0339. The van der Waals surface area contributed by atoms with Gasteiger partial charge in [0, 0.05) is 177 Å². The molecule has 0 aromatic heterocycles. The second-order valence-corrected chi connectivity index (χ2v) is 45.8. The van der Waals surface area contributed by atoms with Gasteiger partial charge in [-0.3, -0.25) is 44.1 Å². The lowest BCUT2D eigenvalue weighted by Gasteiger charge is -2.45. The summed E-state index contributed by atoms with van der Waals surface area (Å²) in [6.07, 6.45) is 6.30. The van der Waals surface area contributed by atoms with Crippen LogP contribution in [0.2, 0.25) is 0 Å². The number of aliphatic carboxylic acids is 9. The van der Waals surface area contributed by atoms with E-state index in [-0.39, 0.29) is 139 Å². The number of halogens is 6. The molecule has 9 aliphatic rings. The number of carboxylic acid groups (broad SMARTS) is 9. The van der Waals surface area contributed by atoms with Crippen molar-refractivity contribution in [2.24, 2.45) is 5.92 Å². The van der Waals surface area contributed by atoms with Gasteiger partial charge in [-0.25, -0.2) is 69.5 Å². The average Bonchev–Trinajstić information content (AvgIpc) is 0.806. The van der Waals surface area contributed by atoms with Gasteiger partial charge in [-0.05, 0) is 250 Å². The van der Waals surface area contributed by atoms with Crippen LogP contribution in [0.5, 0.6) is 0 Å². The maximum Gasteiger partial charge on any atom is 0.331 e. The first-order valence-corrected chi connectivity index (χ1v) is 49.5. The van der Waals surface area contributed by atoms with Crippen LogP contribution in [0.4, 0.5) is 26.3 Å². The maximum absolute atomic E-state index is 14.3. The van der Waals surface area contributed by atoms with Crippen LogP contribution in [0.25, 0.3) is 0 Å². The summed E-state index contributed by atoms with van der Waals surface area (Å²) in [5.74, 6) is -12.0. The summed E-state index contributed by atoms with van der Waals surface area (Å²) < 4.78 is 129. The number of piperidine rings is 3. The number of carbonyl (C=O) groups is 9. The van der Waals surface area contributed by atoms with Crippen LogP contribution in [-0.2, 0) is 85.8 Å². The normalized spacial score (nSPS) is 26.7. The monoisotopic (exact) mass is 2090 g/mol. The summed E-state index contributed by atoms with van der Waals surface area (Å²) in [5, 5.41) is 77.3. The number of carboxylic acids is 9. The molecule has 9 unspecified atom stereocenters. The van der Waals surface area contributed by atoms with Gasteiger partial charge in [0.05, 0.1) is 102 Å². The van der Waals surface area contributed by atoms with E-state index in [1.165, 1.54) is 12.2 Å². The van der Waals surface area contributed by atoms with Crippen molar-refractivity contribution >= 4 is 53.7 Å². The zero-order valence-corrected chi connectivity index (χ0v) is 91.9. The molecule has 9 fully saturated rings. The predicted octanol–water partition coefficient (Wildman–Crippen LogP) is 12.6. The van der Waals surface area contributed by atoms with E-state index in [0.717, 1.165) is 83.2 Å². The van der Waals surface area contributed by atoms with Gasteiger partial charge >= 0.3 is 53.7 Å². The minimum absolute atomic E-state index is 0.0379. The Morgan fingerprint density at radius 1 is 0.421 bits per heavy atom. The van der Waals surface area contributed by atoms with Gasteiger partial charge in [-0.2, -0.15) is 0 Å². The molecule has 42 heteroatoms. The summed E-state index contributed by atoms with van der Waals surface area (Å²) in [6, 6.07) is 0.406. The molecule has 0 radical (unpaired) electrons. The van der Waals surface area contributed by atoms with E-state index in [2.05, 4.69) is 147 Å². The average molecular weight is 2090 g/mol. The Morgan fingerprint density at radius 3 is 1.23 bits per heavy atom. The van der Waals surface area contributed by atoms with Crippen LogP contribution in [0, 0.1) is 5.92 Å². The fraction of sp³-hybridized carbons (Fsp3) is 0.796. The van der Waals surface area contributed by atoms with Crippen LogP contribution in [0.1, 0.15) is 221 Å². The molecule has 0 spiro atoms. The number of likely N-dealkylation sites (tertiary alicyclic amines) is 3. The van der Waals surface area contributed by atoms with Crippen LogP contribution in [-0.4, -0.2) is 451 Å². The zero-order chi connectivity index (χ0) is 112. The number of rotatable bonds is 23. The van der Waals surface area contributed by atoms with Crippen LogP contribution in [0.3, 0.4) is 0 Å². The first-order valence-electron chi connectivity index (χ1n) is 49.5. The molecular weight excluding hydrogens is 1910 g/mol. The van der Waals surface area contributed by atoms with Crippen molar-refractivity contribution in [3.63, 3.8) is 0 Å². The molecule has 9 rings (SSSR count). The van der Waals surface area contributed by atoms with E-state index in [1.54, 1.807) is 61.0 Å². The van der Waals surface area contributed by atoms with Gasteiger partial charge in [0.15, 0.2) is 0 Å². The molecule has 0 bridgehead atoms. The SMILES string of the molecule is C/C(=C\C(=O)O)[C@@H]1CN(C(C)(C)C)CCO1.C/C(=C\C1CN(C(C)(C)C)CC(C)(F)C1)C(=O)O.C/C(=C\[C@@H]1CN(C(C)(C)C)CCO1)C(=O)O.CC(C)(C)N1CC(F)C(OCC(=O)O)C(F)C1.CC(C)(C)N1CC(F)OCC1COCC(=O)O.CC(C)(C)N1CCC(OCC(=O)O)C(F)(F)C1.CC(C)(C)N1CCOC(/C=C/C(=O)O)C1.CC(C)(C)N1CCO[C@H](/C=C/C(=O)O)C1.CC(C)N1CCOCC1/C=C/C(=O)O. The summed E-state index contributed by atoms with van der Waals surface area (Å²) in [4.78, 5) is 113. The lowest BCUT2D eigenvalue weighted by molar-refractivity contribution is -0.189. The summed E-state index contributed by atoms with van der Waals surface area (Å²) in [5.41, 5.74) is -0.341. The number of ether oxygens (including phenoxy) is 9. The zero-order valence-electron chi connectivity index (χ0n) is 91.9. The molecule has 12 atom stereocenters. The van der Waals surface area contributed by atoms with E-state index in [4.69, 9.17) is 88.6 Å². The van der Waals surface area contributed by atoms with Crippen LogP contribution >= 0.6 is 0 Å². The highest BCUT2D eigenvalue weighted by atomic mass is 19.3. The Labute approximate surface area is 856 Å². The van der Waals surface area contributed by atoms with Gasteiger partial charge in [-0.1, -0.05) is 12.2 Å².